The molecule has 0 unspecified atom stereocenters. The van der Waals surface area contributed by atoms with E-state index in [9.17, 15) is 17.6 Å². The second kappa shape index (κ2) is 6.63. The number of sulfone groups is 1. The van der Waals surface area contributed by atoms with E-state index in [-0.39, 0.29) is 17.7 Å². The lowest BCUT2D eigenvalue weighted by Gasteiger charge is -2.05. The summed E-state index contributed by atoms with van der Waals surface area (Å²) in [7, 11) is -3.54. The van der Waals surface area contributed by atoms with Crippen LogP contribution in [-0.4, -0.2) is 20.0 Å². The third-order valence-electron chi connectivity index (χ3n) is 2.96. The van der Waals surface area contributed by atoms with Crippen molar-refractivity contribution in [1.82, 2.24) is 0 Å². The molecule has 0 aliphatic carbocycles. The Labute approximate surface area is 123 Å². The third-order valence-corrected chi connectivity index (χ3v) is 4.49. The number of rotatable bonds is 6. The minimum absolute atomic E-state index is 0.184. The van der Waals surface area contributed by atoms with E-state index in [1.165, 1.54) is 18.2 Å². The van der Waals surface area contributed by atoms with Crippen molar-refractivity contribution in [3.05, 3.63) is 71.5 Å². The first-order chi connectivity index (χ1) is 9.96. The molecule has 0 bridgehead atoms. The lowest BCUT2D eigenvalue weighted by molar-refractivity contribution is -0.116. The Bertz CT molecular complexity index is 724. The van der Waals surface area contributed by atoms with Gasteiger partial charge in [0.2, 0.25) is 0 Å². The zero-order valence-electron chi connectivity index (χ0n) is 11.3. The number of Topliss-reactive ketones (excluding diaryl/α,β-unsaturated/α-hetero) is 1. The van der Waals surface area contributed by atoms with E-state index in [2.05, 4.69) is 0 Å². The van der Waals surface area contributed by atoms with Gasteiger partial charge in [-0.3, -0.25) is 4.79 Å². The van der Waals surface area contributed by atoms with Gasteiger partial charge in [0.15, 0.2) is 15.6 Å². The summed E-state index contributed by atoms with van der Waals surface area (Å²) in [4.78, 5) is 11.8. The lowest BCUT2D eigenvalue weighted by Crippen LogP contribution is -2.19. The summed E-state index contributed by atoms with van der Waals surface area (Å²) in [6, 6.07) is 14.5. The molecule has 0 saturated carbocycles. The van der Waals surface area contributed by atoms with Gasteiger partial charge in [0.05, 0.1) is 5.75 Å². The molecule has 0 aromatic heterocycles. The van der Waals surface area contributed by atoms with Gasteiger partial charge >= 0.3 is 0 Å². The fourth-order valence-corrected chi connectivity index (χ4v) is 3.42. The number of benzene rings is 2. The van der Waals surface area contributed by atoms with E-state index in [1.54, 1.807) is 36.4 Å². The van der Waals surface area contributed by atoms with Crippen molar-refractivity contribution in [3.8, 4) is 0 Å². The molecule has 0 aliphatic heterocycles. The molecule has 21 heavy (non-hydrogen) atoms. The molecule has 0 heterocycles. The zero-order valence-corrected chi connectivity index (χ0v) is 12.1. The van der Waals surface area contributed by atoms with Crippen molar-refractivity contribution in [1.29, 1.82) is 0 Å². The van der Waals surface area contributed by atoms with Crippen molar-refractivity contribution in [3.63, 3.8) is 0 Å². The maximum Gasteiger partial charge on any atom is 0.161 e. The molecule has 3 nitrogen and oxygen atoms in total. The minimum Gasteiger partial charge on any atom is -0.298 e. The highest BCUT2D eigenvalue weighted by atomic mass is 32.2. The van der Waals surface area contributed by atoms with Gasteiger partial charge in [0.1, 0.15) is 11.6 Å². The van der Waals surface area contributed by atoms with Crippen LogP contribution in [0.1, 0.15) is 11.1 Å². The first-order valence-electron chi connectivity index (χ1n) is 6.46. The first-order valence-corrected chi connectivity index (χ1v) is 8.28. The molecule has 2 aromatic rings. The molecule has 0 fully saturated rings. The quantitative estimate of drug-likeness (QED) is 0.824. The highest BCUT2D eigenvalue weighted by Crippen LogP contribution is 2.10. The SMILES string of the molecule is O=C(Cc1ccccc1F)CS(=O)(=O)Cc1ccccc1. The summed E-state index contributed by atoms with van der Waals surface area (Å²) in [5, 5.41) is 0. The Morgan fingerprint density at radius 1 is 0.952 bits per heavy atom. The lowest BCUT2D eigenvalue weighted by atomic mass is 10.1. The summed E-state index contributed by atoms with van der Waals surface area (Å²) in [6.07, 6.45) is -0.208. The van der Waals surface area contributed by atoms with Crippen LogP contribution in [0.4, 0.5) is 4.39 Å². The van der Waals surface area contributed by atoms with Crippen LogP contribution in [0, 0.1) is 5.82 Å². The maximum atomic E-state index is 13.4. The van der Waals surface area contributed by atoms with Gasteiger partial charge in [0, 0.05) is 6.42 Å². The number of hydrogen-bond acceptors (Lipinski definition) is 3. The van der Waals surface area contributed by atoms with Crippen LogP contribution in [0.5, 0.6) is 0 Å². The molecule has 0 saturated heterocycles. The van der Waals surface area contributed by atoms with Gasteiger partial charge in [-0.15, -0.1) is 0 Å². The summed E-state index contributed by atoms with van der Waals surface area (Å²) in [6.45, 7) is 0. The van der Waals surface area contributed by atoms with E-state index < -0.39 is 27.2 Å². The van der Waals surface area contributed by atoms with Gasteiger partial charge in [-0.25, -0.2) is 12.8 Å². The normalized spacial score (nSPS) is 11.3. The van der Waals surface area contributed by atoms with Gasteiger partial charge < -0.3 is 0 Å². The minimum atomic E-state index is -3.54. The average molecular weight is 306 g/mol. The molecule has 0 spiro atoms. The fraction of sp³-hybridized carbons (Fsp3) is 0.188. The first kappa shape index (κ1) is 15.4. The van der Waals surface area contributed by atoms with Gasteiger partial charge in [0.25, 0.3) is 0 Å². The summed E-state index contributed by atoms with van der Waals surface area (Å²) >= 11 is 0. The molecular weight excluding hydrogens is 291 g/mol. The van der Waals surface area contributed by atoms with Crippen molar-refractivity contribution in [2.45, 2.75) is 12.2 Å². The Hall–Kier alpha value is -2.01. The second-order valence-corrected chi connectivity index (χ2v) is 6.89. The van der Waals surface area contributed by atoms with Crippen molar-refractivity contribution >= 4 is 15.6 Å². The fourth-order valence-electron chi connectivity index (χ4n) is 2.03. The monoisotopic (exact) mass is 306 g/mol. The van der Waals surface area contributed by atoms with E-state index in [0.717, 1.165) is 0 Å². The van der Waals surface area contributed by atoms with Crippen LogP contribution in [0.15, 0.2) is 54.6 Å². The Morgan fingerprint density at radius 2 is 1.57 bits per heavy atom. The van der Waals surface area contributed by atoms with Crippen LogP contribution < -0.4 is 0 Å². The van der Waals surface area contributed by atoms with Gasteiger partial charge in [-0.1, -0.05) is 48.5 Å². The smallest absolute Gasteiger partial charge is 0.161 e. The second-order valence-electron chi connectivity index (χ2n) is 4.82. The number of carbonyl (C=O) groups is 1. The maximum absolute atomic E-state index is 13.4. The molecule has 5 heteroatoms. The zero-order chi connectivity index (χ0) is 15.3. The van der Waals surface area contributed by atoms with Crippen LogP contribution in [0.3, 0.4) is 0 Å². The highest BCUT2D eigenvalue weighted by Gasteiger charge is 2.18. The van der Waals surface area contributed by atoms with Crippen molar-refractivity contribution in [2.75, 3.05) is 5.75 Å². The van der Waals surface area contributed by atoms with E-state index in [1.807, 2.05) is 0 Å². The molecule has 0 atom stereocenters. The number of ketones is 1. The summed E-state index contributed by atoms with van der Waals surface area (Å²) in [5.74, 6) is -1.75. The largest absolute Gasteiger partial charge is 0.298 e. The predicted octanol–water partition coefficient (Wildman–Crippen LogP) is 2.55. The van der Waals surface area contributed by atoms with Crippen LogP contribution in [0.25, 0.3) is 0 Å². The predicted molar refractivity (Wildman–Crippen MR) is 79.0 cm³/mol. The third kappa shape index (κ3) is 4.79. The highest BCUT2D eigenvalue weighted by molar-refractivity contribution is 7.91. The molecule has 110 valence electrons. The van der Waals surface area contributed by atoms with Crippen molar-refractivity contribution < 1.29 is 17.6 Å². The van der Waals surface area contributed by atoms with E-state index in [0.29, 0.717) is 5.56 Å². The van der Waals surface area contributed by atoms with E-state index >= 15 is 0 Å². The molecule has 2 rings (SSSR count). The standard InChI is InChI=1S/C16H15FO3S/c17-16-9-5-4-8-14(16)10-15(18)12-21(19,20)11-13-6-2-1-3-7-13/h1-9H,10-12H2. The topological polar surface area (TPSA) is 51.2 Å². The molecule has 0 aliphatic rings. The Balaban J connectivity index is 2.00. The average Bonchev–Trinajstić information content (AvgIpc) is 2.41. The molecule has 0 N–H and O–H groups in total. The Morgan fingerprint density at radius 3 is 2.24 bits per heavy atom. The van der Waals surface area contributed by atoms with Crippen LogP contribution in [0.2, 0.25) is 0 Å². The molecule has 0 amide bonds. The van der Waals surface area contributed by atoms with Crippen molar-refractivity contribution in [2.24, 2.45) is 0 Å². The van der Waals surface area contributed by atoms with Gasteiger partial charge in [-0.05, 0) is 17.2 Å². The molecular formula is C16H15FO3S. The van der Waals surface area contributed by atoms with Crippen LogP contribution >= 0.6 is 0 Å². The van der Waals surface area contributed by atoms with Crippen LogP contribution in [-0.2, 0) is 26.8 Å². The van der Waals surface area contributed by atoms with Gasteiger partial charge in [-0.2, -0.15) is 0 Å². The summed E-state index contributed by atoms with van der Waals surface area (Å²) in [5.41, 5.74) is 0.855. The molecule has 0 radical (unpaired) electrons. The molecule has 2 aromatic carbocycles. The summed E-state index contributed by atoms with van der Waals surface area (Å²) < 4.78 is 37.4. The number of hydrogen-bond donors (Lipinski definition) is 0. The van der Waals surface area contributed by atoms with E-state index in [4.69, 9.17) is 0 Å². The number of halogens is 1. The number of carbonyl (C=O) groups excluding carboxylic acids is 1. The Kier molecular flexibility index (Phi) is 4.85.